The van der Waals surface area contributed by atoms with Crippen molar-refractivity contribution in [2.24, 2.45) is 0 Å². The summed E-state index contributed by atoms with van der Waals surface area (Å²) in [4.78, 5) is 0. The molecule has 10 aromatic carbocycles. The molecule has 0 saturated carbocycles. The van der Waals surface area contributed by atoms with Gasteiger partial charge in [-0.2, -0.15) is 0 Å². The minimum Gasteiger partial charge on any atom is -0.398 e. The van der Waals surface area contributed by atoms with Crippen LogP contribution >= 0.6 is 0 Å². The van der Waals surface area contributed by atoms with E-state index in [1.165, 1.54) is 77.2 Å². The van der Waals surface area contributed by atoms with Gasteiger partial charge in [0.25, 0.3) is 0 Å². The van der Waals surface area contributed by atoms with E-state index in [0.29, 0.717) is 0 Å². The molecule has 0 spiro atoms. The van der Waals surface area contributed by atoms with Crippen molar-refractivity contribution in [2.75, 3.05) is 11.5 Å². The number of anilines is 2. The average Bonchev–Trinajstić information content (AvgIpc) is 3.53. The Morgan fingerprint density at radius 3 is 1.09 bits per heavy atom. The third-order valence-electron chi connectivity index (χ3n) is 12.0. The highest BCUT2D eigenvalue weighted by atomic mass is 14.6. The molecule has 0 unspecified atom stereocenters. The molecular weight excluding hydrogens is 665 g/mol. The largest absolute Gasteiger partial charge is 0.398 e. The fraction of sp³-hybridized carbons (Fsp3) is 0.0189. The van der Waals surface area contributed by atoms with Crippen molar-refractivity contribution in [3.05, 3.63) is 216 Å². The first-order valence-electron chi connectivity index (χ1n) is 18.9. The lowest BCUT2D eigenvalue weighted by Crippen LogP contribution is -2.29. The first kappa shape index (κ1) is 31.4. The third kappa shape index (κ3) is 4.62. The second-order valence-corrected chi connectivity index (χ2v) is 14.9. The van der Waals surface area contributed by atoms with E-state index in [1.54, 1.807) is 0 Å². The summed E-state index contributed by atoms with van der Waals surface area (Å²) < 4.78 is 0. The Kier molecular flexibility index (Phi) is 6.80. The third-order valence-corrected chi connectivity index (χ3v) is 12.0. The highest BCUT2D eigenvalue weighted by Crippen LogP contribution is 2.60. The van der Waals surface area contributed by atoms with Crippen molar-refractivity contribution in [3.8, 4) is 33.4 Å². The molecule has 1 aliphatic carbocycles. The van der Waals surface area contributed by atoms with E-state index in [9.17, 15) is 0 Å². The zero-order valence-electron chi connectivity index (χ0n) is 30.1. The molecule has 55 heavy (non-hydrogen) atoms. The van der Waals surface area contributed by atoms with E-state index in [1.807, 2.05) is 0 Å². The van der Waals surface area contributed by atoms with Crippen molar-refractivity contribution >= 4 is 54.5 Å². The number of hydrogen-bond acceptors (Lipinski definition) is 2. The summed E-state index contributed by atoms with van der Waals surface area (Å²) in [5.74, 6) is 0. The molecule has 258 valence electrons. The maximum Gasteiger partial charge on any atom is 0.0726 e. The summed E-state index contributed by atoms with van der Waals surface area (Å²) in [6.07, 6.45) is 0. The second kappa shape index (κ2) is 11.9. The molecule has 1 aliphatic rings. The number of fused-ring (bicyclic) bond motifs is 7. The van der Waals surface area contributed by atoms with E-state index >= 15 is 0 Å². The Bertz CT molecular complexity index is 2970. The van der Waals surface area contributed by atoms with Gasteiger partial charge in [-0.25, -0.2) is 0 Å². The van der Waals surface area contributed by atoms with Crippen molar-refractivity contribution in [3.63, 3.8) is 0 Å². The molecule has 0 heterocycles. The predicted octanol–water partition coefficient (Wildman–Crippen LogP) is 13.2. The van der Waals surface area contributed by atoms with Crippen LogP contribution in [0, 0.1) is 0 Å². The van der Waals surface area contributed by atoms with Gasteiger partial charge in [-0.1, -0.05) is 158 Å². The summed E-state index contributed by atoms with van der Waals surface area (Å²) in [7, 11) is 0. The van der Waals surface area contributed by atoms with E-state index in [4.69, 9.17) is 11.5 Å². The molecule has 2 nitrogen and oxygen atoms in total. The van der Waals surface area contributed by atoms with Crippen LogP contribution in [0.2, 0.25) is 0 Å². The van der Waals surface area contributed by atoms with Gasteiger partial charge in [0.1, 0.15) is 0 Å². The van der Waals surface area contributed by atoms with E-state index in [-0.39, 0.29) is 0 Å². The van der Waals surface area contributed by atoms with Crippen LogP contribution in [0.1, 0.15) is 22.3 Å². The van der Waals surface area contributed by atoms with Crippen LogP contribution in [0.15, 0.2) is 194 Å². The first-order valence-corrected chi connectivity index (χ1v) is 18.9. The molecular formula is C53H36N2. The number of nitrogen functional groups attached to an aromatic ring is 2. The molecule has 2 heteroatoms. The van der Waals surface area contributed by atoms with Gasteiger partial charge in [-0.05, 0) is 124 Å². The Morgan fingerprint density at radius 2 is 0.636 bits per heavy atom. The topological polar surface area (TPSA) is 52.0 Å². The van der Waals surface area contributed by atoms with Gasteiger partial charge in [-0.3, -0.25) is 0 Å². The maximum atomic E-state index is 6.78. The second-order valence-electron chi connectivity index (χ2n) is 14.9. The standard InChI is InChI=1S/C53H36N2/c54-51-27-25-47(41-13-5-7-15-45(41)51)53(48-26-28-52(55)46-16-8-6-14-42(46)48)49-31-39(37-19-17-33-9-1-3-11-35(33)29-37)21-23-43(49)44-24-22-40(32-50(44)53)38-20-18-34-10-2-4-12-36(34)30-38/h1-32H,54-55H2. The summed E-state index contributed by atoms with van der Waals surface area (Å²) in [5, 5.41) is 9.28. The van der Waals surface area contributed by atoms with Crippen molar-refractivity contribution in [1.29, 1.82) is 0 Å². The van der Waals surface area contributed by atoms with Gasteiger partial charge >= 0.3 is 0 Å². The molecule has 0 bridgehead atoms. The molecule has 4 N–H and O–H groups in total. The highest BCUT2D eigenvalue weighted by Gasteiger charge is 2.48. The van der Waals surface area contributed by atoms with Crippen LogP contribution in [0.25, 0.3) is 76.5 Å². The summed E-state index contributed by atoms with van der Waals surface area (Å²) in [6, 6.07) is 70.9. The fourth-order valence-corrected chi connectivity index (χ4v) is 9.44. The fourth-order valence-electron chi connectivity index (χ4n) is 9.44. The molecule has 0 fully saturated rings. The van der Waals surface area contributed by atoms with Gasteiger partial charge in [-0.15, -0.1) is 0 Å². The van der Waals surface area contributed by atoms with Crippen molar-refractivity contribution in [1.82, 2.24) is 0 Å². The van der Waals surface area contributed by atoms with Crippen LogP contribution in [0.4, 0.5) is 11.4 Å². The van der Waals surface area contributed by atoms with E-state index in [2.05, 4.69) is 194 Å². The SMILES string of the molecule is Nc1ccc(C2(c3ccc(N)c4ccccc34)c3cc(-c4ccc5ccccc5c4)ccc3-c3ccc(-c4ccc5ccccc5c4)cc32)c2ccccc12. The molecule has 0 radical (unpaired) electrons. The Morgan fingerprint density at radius 1 is 0.273 bits per heavy atom. The Balaban J connectivity index is 1.29. The Labute approximate surface area is 319 Å². The number of rotatable bonds is 4. The van der Waals surface area contributed by atoms with Crippen molar-refractivity contribution < 1.29 is 0 Å². The summed E-state index contributed by atoms with van der Waals surface area (Å²) in [6.45, 7) is 0. The van der Waals surface area contributed by atoms with Gasteiger partial charge in [0.05, 0.1) is 5.41 Å². The van der Waals surface area contributed by atoms with Crippen LogP contribution in [0.5, 0.6) is 0 Å². The van der Waals surface area contributed by atoms with Crippen LogP contribution in [0.3, 0.4) is 0 Å². The van der Waals surface area contributed by atoms with Gasteiger partial charge in [0.15, 0.2) is 0 Å². The van der Waals surface area contributed by atoms with Crippen LogP contribution in [-0.2, 0) is 5.41 Å². The Hall–Kier alpha value is -7.16. The van der Waals surface area contributed by atoms with Crippen LogP contribution in [-0.4, -0.2) is 0 Å². The minimum absolute atomic E-state index is 0.731. The monoisotopic (exact) mass is 700 g/mol. The summed E-state index contributed by atoms with van der Waals surface area (Å²) in [5.41, 5.74) is 26.4. The van der Waals surface area contributed by atoms with Gasteiger partial charge < -0.3 is 11.5 Å². The molecule has 0 amide bonds. The van der Waals surface area contributed by atoms with Crippen molar-refractivity contribution in [2.45, 2.75) is 5.41 Å². The lowest BCUT2D eigenvalue weighted by molar-refractivity contribution is 0.785. The molecule has 0 atom stereocenters. The smallest absolute Gasteiger partial charge is 0.0726 e. The zero-order chi connectivity index (χ0) is 36.7. The highest BCUT2D eigenvalue weighted by molar-refractivity contribution is 6.04. The molecule has 0 aromatic heterocycles. The van der Waals surface area contributed by atoms with E-state index in [0.717, 1.165) is 32.9 Å². The first-order chi connectivity index (χ1) is 27.1. The zero-order valence-corrected chi connectivity index (χ0v) is 30.1. The maximum absolute atomic E-state index is 6.78. The summed E-state index contributed by atoms with van der Waals surface area (Å²) >= 11 is 0. The normalized spacial score (nSPS) is 13.0. The molecule has 10 aromatic rings. The minimum atomic E-state index is -0.731. The number of benzene rings is 10. The number of hydrogen-bond donors (Lipinski definition) is 2. The van der Waals surface area contributed by atoms with Crippen LogP contribution < -0.4 is 11.5 Å². The average molecular weight is 701 g/mol. The van der Waals surface area contributed by atoms with Gasteiger partial charge in [0, 0.05) is 22.1 Å². The van der Waals surface area contributed by atoms with Gasteiger partial charge in [0.2, 0.25) is 0 Å². The lowest BCUT2D eigenvalue weighted by atomic mass is 9.65. The predicted molar refractivity (Wildman–Crippen MR) is 233 cm³/mol. The quantitative estimate of drug-likeness (QED) is 0.180. The van der Waals surface area contributed by atoms with E-state index < -0.39 is 5.41 Å². The lowest BCUT2D eigenvalue weighted by Gasteiger charge is -2.36. The molecule has 11 rings (SSSR count). The number of nitrogens with two attached hydrogens (primary N) is 2. The molecule has 0 saturated heterocycles. The molecule has 0 aliphatic heterocycles.